The number of carboxylic acid groups (broad SMARTS) is 1. The van der Waals surface area contributed by atoms with Gasteiger partial charge in [0, 0.05) is 6.54 Å². The normalized spacial score (nSPS) is 24.5. The van der Waals surface area contributed by atoms with Crippen LogP contribution in [0.1, 0.15) is 13.3 Å². The molecule has 56 valence electrons. The van der Waals surface area contributed by atoms with Crippen LogP contribution in [0.4, 0.5) is 0 Å². The zero-order valence-corrected chi connectivity index (χ0v) is 5.92. The van der Waals surface area contributed by atoms with Crippen molar-refractivity contribution in [1.29, 1.82) is 0 Å². The van der Waals surface area contributed by atoms with Gasteiger partial charge >= 0.3 is 5.97 Å². The van der Waals surface area contributed by atoms with Crippen molar-refractivity contribution < 1.29 is 9.90 Å². The van der Waals surface area contributed by atoms with Gasteiger partial charge in [0.2, 0.25) is 0 Å². The summed E-state index contributed by atoms with van der Waals surface area (Å²) in [4.78, 5) is 10.4. The lowest BCUT2D eigenvalue weighted by Crippen LogP contribution is -2.30. The molecule has 0 amide bonds. The lowest BCUT2D eigenvalue weighted by molar-refractivity contribution is -0.137. The van der Waals surface area contributed by atoms with Gasteiger partial charge in [0.25, 0.3) is 0 Å². The Labute approximate surface area is 59.7 Å². The van der Waals surface area contributed by atoms with Gasteiger partial charge in [-0.3, -0.25) is 10.1 Å². The topological polar surface area (TPSA) is 49.3 Å². The van der Waals surface area contributed by atoms with Crippen LogP contribution in [0.25, 0.3) is 0 Å². The molecule has 1 aliphatic rings. The van der Waals surface area contributed by atoms with E-state index in [0.717, 1.165) is 13.0 Å². The quantitative estimate of drug-likeness (QED) is 0.546. The molecule has 0 aliphatic carbocycles. The highest BCUT2D eigenvalue weighted by Gasteiger charge is 2.19. The summed E-state index contributed by atoms with van der Waals surface area (Å²) >= 11 is 0. The van der Waals surface area contributed by atoms with Crippen molar-refractivity contribution in [3.63, 3.8) is 0 Å². The molecule has 1 heterocycles. The largest absolute Gasteiger partial charge is 0.480 e. The molecule has 0 saturated carbocycles. The average Bonchev–Trinajstić information content (AvgIpc) is 2.34. The molecule has 1 aliphatic heterocycles. The Bertz CT molecular complexity index is 174. The minimum Gasteiger partial charge on any atom is -0.480 e. The van der Waals surface area contributed by atoms with Crippen LogP contribution in [0.15, 0.2) is 11.6 Å². The molecule has 0 fully saturated rings. The number of rotatable bonds is 2. The van der Waals surface area contributed by atoms with E-state index in [2.05, 4.69) is 5.32 Å². The highest BCUT2D eigenvalue weighted by Crippen LogP contribution is 2.08. The summed E-state index contributed by atoms with van der Waals surface area (Å²) < 4.78 is 0. The van der Waals surface area contributed by atoms with E-state index in [0.29, 0.717) is 0 Å². The maximum absolute atomic E-state index is 10.4. The summed E-state index contributed by atoms with van der Waals surface area (Å²) in [6.07, 6.45) is 2.72. The Morgan fingerprint density at radius 2 is 2.70 bits per heavy atom. The first-order valence-electron chi connectivity index (χ1n) is 3.39. The fourth-order valence-corrected chi connectivity index (χ4v) is 0.996. The SMILES string of the molecule is CCC1=C[C@@H](C(=O)O)NC1. The van der Waals surface area contributed by atoms with Crippen LogP contribution in [0.5, 0.6) is 0 Å². The van der Waals surface area contributed by atoms with Gasteiger partial charge in [-0.05, 0) is 6.42 Å². The molecule has 1 rings (SSSR count). The summed E-state index contributed by atoms with van der Waals surface area (Å²) in [5.41, 5.74) is 1.19. The van der Waals surface area contributed by atoms with Crippen molar-refractivity contribution >= 4 is 5.97 Å². The van der Waals surface area contributed by atoms with Crippen LogP contribution >= 0.6 is 0 Å². The highest BCUT2D eigenvalue weighted by atomic mass is 16.4. The molecule has 2 N–H and O–H groups in total. The minimum atomic E-state index is -0.788. The number of carboxylic acids is 1. The predicted molar refractivity (Wildman–Crippen MR) is 37.8 cm³/mol. The third-order valence-electron chi connectivity index (χ3n) is 1.67. The lowest BCUT2D eigenvalue weighted by Gasteiger charge is -1.98. The summed E-state index contributed by atoms with van der Waals surface area (Å²) in [6, 6.07) is -0.449. The number of nitrogens with one attached hydrogen (secondary N) is 1. The summed E-state index contributed by atoms with van der Waals surface area (Å²) in [5, 5.41) is 11.4. The van der Waals surface area contributed by atoms with Gasteiger partial charge in [-0.15, -0.1) is 0 Å². The van der Waals surface area contributed by atoms with Crippen LogP contribution in [0, 0.1) is 0 Å². The molecule has 10 heavy (non-hydrogen) atoms. The summed E-state index contributed by atoms with van der Waals surface area (Å²) in [5.74, 6) is -0.788. The van der Waals surface area contributed by atoms with Crippen molar-refractivity contribution in [2.45, 2.75) is 19.4 Å². The Morgan fingerprint density at radius 1 is 2.00 bits per heavy atom. The number of carbonyl (C=O) groups is 1. The van der Waals surface area contributed by atoms with Crippen LogP contribution in [-0.4, -0.2) is 23.7 Å². The predicted octanol–water partition coefficient (Wildman–Crippen LogP) is 0.379. The van der Waals surface area contributed by atoms with E-state index in [-0.39, 0.29) is 0 Å². The molecule has 0 aromatic carbocycles. The number of hydrogen-bond donors (Lipinski definition) is 2. The molecule has 0 bridgehead atoms. The van der Waals surface area contributed by atoms with Gasteiger partial charge in [0.1, 0.15) is 6.04 Å². The Morgan fingerprint density at radius 3 is 3.00 bits per heavy atom. The van der Waals surface area contributed by atoms with Gasteiger partial charge in [-0.2, -0.15) is 0 Å². The number of aliphatic carboxylic acids is 1. The van der Waals surface area contributed by atoms with Crippen molar-refractivity contribution in [2.75, 3.05) is 6.54 Å². The molecule has 0 spiro atoms. The van der Waals surface area contributed by atoms with Gasteiger partial charge in [0.15, 0.2) is 0 Å². The van der Waals surface area contributed by atoms with E-state index >= 15 is 0 Å². The number of hydrogen-bond acceptors (Lipinski definition) is 2. The fourth-order valence-electron chi connectivity index (χ4n) is 0.996. The van der Waals surface area contributed by atoms with Gasteiger partial charge in [-0.1, -0.05) is 18.6 Å². The lowest BCUT2D eigenvalue weighted by atomic mass is 10.2. The minimum absolute atomic E-state index is 0.449. The van der Waals surface area contributed by atoms with Crippen molar-refractivity contribution in [3.8, 4) is 0 Å². The zero-order valence-electron chi connectivity index (χ0n) is 5.92. The van der Waals surface area contributed by atoms with Crippen LogP contribution in [0.2, 0.25) is 0 Å². The first-order valence-corrected chi connectivity index (χ1v) is 3.39. The van der Waals surface area contributed by atoms with Gasteiger partial charge < -0.3 is 5.11 Å². The van der Waals surface area contributed by atoms with Gasteiger partial charge in [-0.25, -0.2) is 0 Å². The average molecular weight is 141 g/mol. The molecular formula is C7H11NO2. The van der Waals surface area contributed by atoms with E-state index in [1.54, 1.807) is 6.08 Å². The van der Waals surface area contributed by atoms with E-state index in [9.17, 15) is 4.79 Å². The van der Waals surface area contributed by atoms with E-state index in [1.165, 1.54) is 5.57 Å². The third-order valence-corrected chi connectivity index (χ3v) is 1.67. The standard InChI is InChI=1S/C7H11NO2/c1-2-5-3-6(7(9)10)8-4-5/h3,6,8H,2,4H2,1H3,(H,9,10)/t6-/m0/s1. The van der Waals surface area contributed by atoms with Crippen LogP contribution in [0.3, 0.4) is 0 Å². The maximum Gasteiger partial charge on any atom is 0.324 e. The van der Waals surface area contributed by atoms with E-state index in [1.807, 2.05) is 6.92 Å². The van der Waals surface area contributed by atoms with E-state index in [4.69, 9.17) is 5.11 Å². The molecule has 1 atom stereocenters. The van der Waals surface area contributed by atoms with Crippen LogP contribution in [-0.2, 0) is 4.79 Å². The second-order valence-electron chi connectivity index (χ2n) is 2.38. The first-order chi connectivity index (χ1) is 4.74. The highest BCUT2D eigenvalue weighted by molar-refractivity contribution is 5.76. The molecular weight excluding hydrogens is 130 g/mol. The van der Waals surface area contributed by atoms with Crippen molar-refractivity contribution in [2.24, 2.45) is 0 Å². The van der Waals surface area contributed by atoms with Crippen molar-refractivity contribution in [1.82, 2.24) is 5.32 Å². The zero-order chi connectivity index (χ0) is 7.56. The smallest absolute Gasteiger partial charge is 0.324 e. The second kappa shape index (κ2) is 2.84. The second-order valence-corrected chi connectivity index (χ2v) is 2.38. The third kappa shape index (κ3) is 1.36. The molecule has 3 nitrogen and oxygen atoms in total. The summed E-state index contributed by atoms with van der Waals surface area (Å²) in [7, 11) is 0. The van der Waals surface area contributed by atoms with E-state index < -0.39 is 12.0 Å². The monoisotopic (exact) mass is 141 g/mol. The molecule has 0 aromatic rings. The van der Waals surface area contributed by atoms with Gasteiger partial charge in [0.05, 0.1) is 0 Å². The Balaban J connectivity index is 2.55. The molecule has 0 radical (unpaired) electrons. The molecule has 0 saturated heterocycles. The maximum atomic E-state index is 10.4. The molecule has 0 unspecified atom stereocenters. The summed E-state index contributed by atoms with van der Waals surface area (Å²) in [6.45, 7) is 2.76. The van der Waals surface area contributed by atoms with Crippen LogP contribution < -0.4 is 5.32 Å². The Kier molecular flexibility index (Phi) is 2.06. The fraction of sp³-hybridized carbons (Fsp3) is 0.571. The van der Waals surface area contributed by atoms with Crippen molar-refractivity contribution in [3.05, 3.63) is 11.6 Å². The Hall–Kier alpha value is -0.830. The molecule has 0 aromatic heterocycles. The first kappa shape index (κ1) is 7.28. The molecule has 3 heteroatoms.